The molecule has 0 fully saturated rings. The molecule has 0 saturated carbocycles. The molecule has 0 heterocycles. The molecule has 1 rings (SSSR count). The summed E-state index contributed by atoms with van der Waals surface area (Å²) in [5.74, 6) is -0.430. The molecule has 0 aliphatic carbocycles. The highest BCUT2D eigenvalue weighted by molar-refractivity contribution is 5.93. The lowest BCUT2D eigenvalue weighted by molar-refractivity contribution is -0.129. The first kappa shape index (κ1) is 24.7. The minimum atomic E-state index is -0.579. The topological polar surface area (TPSA) is 97.0 Å². The molecule has 0 unspecified atom stereocenters. The van der Waals surface area contributed by atoms with E-state index in [1.807, 2.05) is 27.7 Å². The number of allylic oxidation sites excluding steroid dienone is 1. The Morgan fingerprint density at radius 2 is 1.67 bits per heavy atom. The van der Waals surface area contributed by atoms with Gasteiger partial charge in [-0.05, 0) is 58.9 Å². The molecule has 0 aliphatic rings. The van der Waals surface area contributed by atoms with Crippen LogP contribution in [-0.4, -0.2) is 41.7 Å². The molecule has 30 heavy (non-hydrogen) atoms. The van der Waals surface area contributed by atoms with Crippen molar-refractivity contribution in [3.63, 3.8) is 0 Å². The van der Waals surface area contributed by atoms with Gasteiger partial charge in [0, 0.05) is 30.9 Å². The Labute approximate surface area is 177 Å². The van der Waals surface area contributed by atoms with Gasteiger partial charge in [0.1, 0.15) is 5.75 Å². The largest absolute Gasteiger partial charge is 0.428 e. The van der Waals surface area contributed by atoms with E-state index in [4.69, 9.17) is 9.47 Å². The summed E-state index contributed by atoms with van der Waals surface area (Å²) >= 11 is 0. The number of carbonyl (C=O) groups is 3. The van der Waals surface area contributed by atoms with Gasteiger partial charge in [0.25, 0.3) is 0 Å². The van der Waals surface area contributed by atoms with Gasteiger partial charge in [-0.1, -0.05) is 12.2 Å². The summed E-state index contributed by atoms with van der Waals surface area (Å²) in [5.41, 5.74) is 0.857. The molecule has 0 aromatic heterocycles. The number of hydrogen-bond donors (Lipinski definition) is 2. The Bertz CT molecular complexity index is 774. The Morgan fingerprint density at radius 1 is 1.07 bits per heavy atom. The van der Waals surface area contributed by atoms with Crippen LogP contribution in [-0.2, 0) is 14.3 Å². The molecule has 0 saturated heterocycles. The maximum absolute atomic E-state index is 12.4. The summed E-state index contributed by atoms with van der Waals surface area (Å²) < 4.78 is 10.6. The van der Waals surface area contributed by atoms with E-state index >= 15 is 0 Å². The van der Waals surface area contributed by atoms with E-state index in [-0.39, 0.29) is 30.3 Å². The van der Waals surface area contributed by atoms with Crippen LogP contribution in [0.4, 0.5) is 10.5 Å². The average molecular weight is 418 g/mol. The smallest absolute Gasteiger partial charge is 0.411 e. The van der Waals surface area contributed by atoms with E-state index in [2.05, 4.69) is 10.6 Å². The summed E-state index contributed by atoms with van der Waals surface area (Å²) in [6.45, 7) is 10.8. The molecule has 0 radical (unpaired) electrons. The van der Waals surface area contributed by atoms with Crippen LogP contribution in [0.2, 0.25) is 0 Å². The number of rotatable bonds is 9. The molecule has 8 nitrogen and oxygen atoms in total. The monoisotopic (exact) mass is 417 g/mol. The number of benzene rings is 1. The SMILES string of the molecule is C/C=C\C(=C/NCOC(=O)N(C(C)C)C(C)C)C(=O)Oc1ccc(NC(C)=O)cc1. The molecule has 0 aliphatic heterocycles. The molecular weight excluding hydrogens is 386 g/mol. The molecule has 2 N–H and O–H groups in total. The van der Waals surface area contributed by atoms with Crippen LogP contribution in [0.25, 0.3) is 0 Å². The molecular formula is C22H31N3O5. The highest BCUT2D eigenvalue weighted by Gasteiger charge is 2.21. The van der Waals surface area contributed by atoms with E-state index in [0.29, 0.717) is 11.4 Å². The number of anilines is 1. The fourth-order valence-corrected chi connectivity index (χ4v) is 2.68. The van der Waals surface area contributed by atoms with Gasteiger partial charge in [-0.3, -0.25) is 4.79 Å². The molecule has 164 valence electrons. The van der Waals surface area contributed by atoms with E-state index in [0.717, 1.165) is 0 Å². The third-order valence-electron chi connectivity index (χ3n) is 3.83. The number of nitrogens with zero attached hydrogens (tertiary/aromatic N) is 1. The third kappa shape index (κ3) is 8.38. The molecule has 8 heteroatoms. The van der Waals surface area contributed by atoms with Gasteiger partial charge >= 0.3 is 12.1 Å². The summed E-state index contributed by atoms with van der Waals surface area (Å²) in [7, 11) is 0. The standard InChI is InChI=1S/C22H31N3O5/c1-7-8-18(13-23-14-29-22(28)25(15(2)3)16(4)5)21(27)30-20-11-9-19(10-12-20)24-17(6)26/h7-13,15-16,23H,14H2,1-6H3,(H,24,26)/b8-7-,18-13+. The molecule has 0 atom stereocenters. The summed E-state index contributed by atoms with van der Waals surface area (Å²) in [6.07, 6.45) is 4.27. The van der Waals surface area contributed by atoms with Crippen LogP contribution in [0, 0.1) is 0 Å². The predicted octanol–water partition coefficient (Wildman–Crippen LogP) is 3.81. The van der Waals surface area contributed by atoms with E-state index in [9.17, 15) is 14.4 Å². The average Bonchev–Trinajstić information content (AvgIpc) is 2.64. The van der Waals surface area contributed by atoms with Gasteiger partial charge in [0.05, 0.1) is 5.57 Å². The zero-order valence-corrected chi connectivity index (χ0v) is 18.4. The second-order valence-corrected chi connectivity index (χ2v) is 7.05. The Morgan fingerprint density at radius 3 is 2.17 bits per heavy atom. The minimum absolute atomic E-state index is 0.0126. The van der Waals surface area contributed by atoms with Crippen molar-refractivity contribution in [2.24, 2.45) is 0 Å². The van der Waals surface area contributed by atoms with Gasteiger partial charge in [-0.15, -0.1) is 0 Å². The zero-order chi connectivity index (χ0) is 22.7. The fraction of sp³-hybridized carbons (Fsp3) is 0.409. The van der Waals surface area contributed by atoms with Crippen molar-refractivity contribution in [2.75, 3.05) is 12.0 Å². The maximum atomic E-state index is 12.4. The molecule has 0 bridgehead atoms. The number of hydrogen-bond acceptors (Lipinski definition) is 6. The Balaban J connectivity index is 2.67. The number of esters is 1. The first-order valence-electron chi connectivity index (χ1n) is 9.76. The second kappa shape index (κ2) is 12.3. The first-order chi connectivity index (χ1) is 14.1. The van der Waals surface area contributed by atoms with Gasteiger partial charge in [-0.25, -0.2) is 9.59 Å². The second-order valence-electron chi connectivity index (χ2n) is 7.05. The van der Waals surface area contributed by atoms with Crippen LogP contribution in [0.3, 0.4) is 0 Å². The van der Waals surface area contributed by atoms with E-state index in [1.165, 1.54) is 13.1 Å². The third-order valence-corrected chi connectivity index (χ3v) is 3.83. The quantitative estimate of drug-likeness (QED) is 0.158. The van der Waals surface area contributed by atoms with Crippen molar-refractivity contribution in [2.45, 2.75) is 53.6 Å². The summed E-state index contributed by atoms with van der Waals surface area (Å²) in [5, 5.41) is 5.44. The van der Waals surface area contributed by atoms with Crippen LogP contribution < -0.4 is 15.4 Å². The highest BCUT2D eigenvalue weighted by Crippen LogP contribution is 2.17. The Kier molecular flexibility index (Phi) is 10.2. The van der Waals surface area contributed by atoms with Gasteiger partial charge in [0.15, 0.2) is 6.73 Å². The van der Waals surface area contributed by atoms with Crippen molar-refractivity contribution in [1.29, 1.82) is 0 Å². The normalized spacial score (nSPS) is 11.5. The summed E-state index contributed by atoms with van der Waals surface area (Å²) in [4.78, 5) is 37.3. The predicted molar refractivity (Wildman–Crippen MR) is 116 cm³/mol. The molecule has 2 amide bonds. The van der Waals surface area contributed by atoms with Crippen LogP contribution >= 0.6 is 0 Å². The van der Waals surface area contributed by atoms with Crippen molar-refractivity contribution in [3.05, 3.63) is 48.2 Å². The number of nitrogens with one attached hydrogen (secondary N) is 2. The van der Waals surface area contributed by atoms with Crippen molar-refractivity contribution in [3.8, 4) is 5.75 Å². The molecule has 1 aromatic rings. The van der Waals surface area contributed by atoms with Gasteiger partial charge < -0.3 is 25.0 Å². The van der Waals surface area contributed by atoms with Crippen LogP contribution in [0.15, 0.2) is 48.2 Å². The van der Waals surface area contributed by atoms with Crippen molar-refractivity contribution in [1.82, 2.24) is 10.2 Å². The fourth-order valence-electron chi connectivity index (χ4n) is 2.68. The zero-order valence-electron chi connectivity index (χ0n) is 18.4. The number of ether oxygens (including phenoxy) is 2. The van der Waals surface area contributed by atoms with Crippen LogP contribution in [0.5, 0.6) is 5.75 Å². The van der Waals surface area contributed by atoms with Gasteiger partial charge in [-0.2, -0.15) is 0 Å². The lowest BCUT2D eigenvalue weighted by Gasteiger charge is -2.29. The number of carbonyl (C=O) groups excluding carboxylic acids is 3. The maximum Gasteiger partial charge on any atom is 0.411 e. The summed E-state index contributed by atoms with van der Waals surface area (Å²) in [6, 6.07) is 6.46. The molecule has 1 aromatic carbocycles. The van der Waals surface area contributed by atoms with Crippen molar-refractivity contribution >= 4 is 23.7 Å². The lowest BCUT2D eigenvalue weighted by Crippen LogP contribution is -2.43. The van der Waals surface area contributed by atoms with E-state index in [1.54, 1.807) is 48.2 Å². The van der Waals surface area contributed by atoms with Crippen LogP contribution in [0.1, 0.15) is 41.5 Å². The number of amides is 2. The first-order valence-corrected chi connectivity index (χ1v) is 9.76. The Hall–Kier alpha value is -3.29. The van der Waals surface area contributed by atoms with Gasteiger partial charge in [0.2, 0.25) is 5.91 Å². The molecule has 0 spiro atoms. The van der Waals surface area contributed by atoms with E-state index < -0.39 is 12.1 Å². The van der Waals surface area contributed by atoms with Crippen molar-refractivity contribution < 1.29 is 23.9 Å². The minimum Gasteiger partial charge on any atom is -0.428 e. The highest BCUT2D eigenvalue weighted by atomic mass is 16.6. The lowest BCUT2D eigenvalue weighted by atomic mass is 10.2.